The van der Waals surface area contributed by atoms with E-state index in [1.54, 1.807) is 6.92 Å². The molecule has 2 unspecified atom stereocenters. The van der Waals surface area contributed by atoms with E-state index in [2.05, 4.69) is 45.7 Å². The molecular formula is C31H60Br2O3. The van der Waals surface area contributed by atoms with Crippen molar-refractivity contribution in [2.45, 2.75) is 185 Å². The average molecular weight is 641 g/mol. The molecule has 0 aliphatic heterocycles. The van der Waals surface area contributed by atoms with E-state index in [0.29, 0.717) is 0 Å². The number of hydrogen-bond acceptors (Lipinski definition) is 2. The van der Waals surface area contributed by atoms with Crippen LogP contribution >= 0.6 is 31.9 Å². The van der Waals surface area contributed by atoms with Gasteiger partial charge >= 0.3 is 5.97 Å². The molecular weight excluding hydrogens is 580 g/mol. The summed E-state index contributed by atoms with van der Waals surface area (Å²) in [6.45, 7) is 6.18. The number of hydrogen-bond donors (Lipinski definition) is 1. The Morgan fingerprint density at radius 1 is 0.500 bits per heavy atom. The van der Waals surface area contributed by atoms with E-state index in [1.807, 2.05) is 0 Å². The number of ketones is 1. The maximum Gasteiger partial charge on any atom is 0.317 e. The Hall–Kier alpha value is 0.1000. The van der Waals surface area contributed by atoms with Crippen molar-refractivity contribution < 1.29 is 14.7 Å². The minimum absolute atomic E-state index is 0.0936. The first kappa shape index (κ1) is 38.2. The Labute approximate surface area is 242 Å². The summed E-state index contributed by atoms with van der Waals surface area (Å²) in [6.07, 6.45) is 31.2. The number of unbranched alkanes of at least 4 members (excludes halogenated alkanes) is 20. The van der Waals surface area contributed by atoms with Gasteiger partial charge in [0.1, 0.15) is 10.6 Å². The fourth-order valence-electron chi connectivity index (χ4n) is 4.30. The van der Waals surface area contributed by atoms with Crippen LogP contribution in [-0.4, -0.2) is 26.5 Å². The number of carboxylic acid groups (broad SMARTS) is 1. The Morgan fingerprint density at radius 2 is 0.750 bits per heavy atom. The lowest BCUT2D eigenvalue weighted by atomic mass is 10.0. The molecule has 0 fully saturated rings. The van der Waals surface area contributed by atoms with Crippen molar-refractivity contribution in [3.63, 3.8) is 0 Å². The normalized spacial score (nSPS) is 12.6. The molecule has 36 heavy (non-hydrogen) atoms. The van der Waals surface area contributed by atoms with Crippen molar-refractivity contribution in [1.29, 1.82) is 0 Å². The van der Waals surface area contributed by atoms with E-state index < -0.39 is 5.97 Å². The number of alkyl halides is 2. The summed E-state index contributed by atoms with van der Waals surface area (Å²) in [4.78, 5) is 21.3. The van der Waals surface area contributed by atoms with E-state index >= 15 is 0 Å². The molecule has 0 radical (unpaired) electrons. The number of rotatable bonds is 26. The van der Waals surface area contributed by atoms with Gasteiger partial charge in [0.05, 0.1) is 4.83 Å². The topological polar surface area (TPSA) is 54.4 Å². The minimum Gasteiger partial charge on any atom is -0.480 e. The second kappa shape index (κ2) is 31.3. The number of carboxylic acids is 1. The maximum atomic E-state index is 11.0. The van der Waals surface area contributed by atoms with Crippen LogP contribution in [0.1, 0.15) is 175 Å². The van der Waals surface area contributed by atoms with Crippen LogP contribution in [0.2, 0.25) is 0 Å². The Kier molecular flexibility index (Phi) is 33.3. The molecule has 0 aromatic heterocycles. The lowest BCUT2D eigenvalue weighted by Crippen LogP contribution is -2.11. The summed E-state index contributed by atoms with van der Waals surface area (Å²) in [5, 5.41) is 8.70. The molecule has 0 heterocycles. The van der Waals surface area contributed by atoms with Crippen LogP contribution < -0.4 is 0 Å². The maximum absolute atomic E-state index is 11.0. The van der Waals surface area contributed by atoms with Gasteiger partial charge in [0, 0.05) is 0 Å². The summed E-state index contributed by atoms with van der Waals surface area (Å²) < 4.78 is 0. The van der Waals surface area contributed by atoms with Gasteiger partial charge < -0.3 is 5.11 Å². The molecule has 0 saturated carbocycles. The van der Waals surface area contributed by atoms with Crippen molar-refractivity contribution in [3.8, 4) is 0 Å². The number of halogens is 2. The highest BCUT2D eigenvalue weighted by Gasteiger charge is 2.11. The SMILES string of the molecule is CCCCCCCCCCCCCC(Br)C(=O)O.CCCCCCCCCCCCCC(Br)C(C)=O. The molecule has 5 heteroatoms. The fraction of sp³-hybridized carbons (Fsp3) is 0.935. The van der Waals surface area contributed by atoms with Crippen LogP contribution in [0.25, 0.3) is 0 Å². The van der Waals surface area contributed by atoms with Gasteiger partial charge in [-0.05, 0) is 19.8 Å². The van der Waals surface area contributed by atoms with E-state index in [1.165, 1.54) is 135 Å². The molecule has 0 aliphatic rings. The van der Waals surface area contributed by atoms with Gasteiger partial charge in [0.2, 0.25) is 0 Å². The Balaban J connectivity index is 0. The van der Waals surface area contributed by atoms with Gasteiger partial charge in [0.25, 0.3) is 0 Å². The number of carbonyl (C=O) groups excluding carboxylic acids is 1. The van der Waals surface area contributed by atoms with Crippen LogP contribution in [0, 0.1) is 0 Å². The van der Waals surface area contributed by atoms with Gasteiger partial charge in [0.15, 0.2) is 0 Å². The predicted octanol–water partition coefficient (Wildman–Crippen LogP) is 11.6. The van der Waals surface area contributed by atoms with E-state index in [0.717, 1.165) is 19.3 Å². The second-order valence-corrected chi connectivity index (χ2v) is 12.7. The smallest absolute Gasteiger partial charge is 0.317 e. The first-order valence-corrected chi connectivity index (χ1v) is 17.2. The second-order valence-electron chi connectivity index (χ2n) is 10.5. The predicted molar refractivity (Wildman–Crippen MR) is 166 cm³/mol. The zero-order valence-corrected chi connectivity index (χ0v) is 27.3. The zero-order valence-electron chi connectivity index (χ0n) is 24.1. The van der Waals surface area contributed by atoms with Crippen LogP contribution in [0.3, 0.4) is 0 Å². The van der Waals surface area contributed by atoms with Gasteiger partial charge in [-0.1, -0.05) is 187 Å². The van der Waals surface area contributed by atoms with Crippen molar-refractivity contribution in [1.82, 2.24) is 0 Å². The molecule has 0 aromatic rings. The Bertz CT molecular complexity index is 429. The van der Waals surface area contributed by atoms with Crippen molar-refractivity contribution in [2.24, 2.45) is 0 Å². The lowest BCUT2D eigenvalue weighted by Gasteiger charge is -2.05. The monoisotopic (exact) mass is 638 g/mol. The first-order chi connectivity index (χ1) is 17.4. The molecule has 3 nitrogen and oxygen atoms in total. The summed E-state index contributed by atoms with van der Waals surface area (Å²) in [5.74, 6) is -0.468. The molecule has 0 aliphatic carbocycles. The van der Waals surface area contributed by atoms with Crippen LogP contribution in [0.4, 0.5) is 0 Å². The quantitative estimate of drug-likeness (QED) is 0.0756. The number of aliphatic carboxylic acids is 1. The molecule has 0 aromatic carbocycles. The third-order valence-corrected chi connectivity index (χ3v) is 8.78. The lowest BCUT2D eigenvalue weighted by molar-refractivity contribution is -0.136. The average Bonchev–Trinajstić information content (AvgIpc) is 2.85. The van der Waals surface area contributed by atoms with Gasteiger partial charge in [-0.25, -0.2) is 0 Å². The van der Waals surface area contributed by atoms with Crippen molar-refractivity contribution in [3.05, 3.63) is 0 Å². The molecule has 0 bridgehead atoms. The fourth-order valence-corrected chi connectivity index (χ4v) is 4.95. The highest BCUT2D eigenvalue weighted by atomic mass is 79.9. The van der Waals surface area contributed by atoms with E-state index in [4.69, 9.17) is 5.11 Å². The zero-order chi connectivity index (χ0) is 27.3. The number of carbonyl (C=O) groups is 2. The van der Waals surface area contributed by atoms with Crippen LogP contribution in [0.15, 0.2) is 0 Å². The summed E-state index contributed by atoms with van der Waals surface area (Å²) in [7, 11) is 0. The van der Waals surface area contributed by atoms with Gasteiger partial charge in [-0.2, -0.15) is 0 Å². The molecule has 0 amide bonds. The van der Waals surface area contributed by atoms with Crippen LogP contribution in [0.5, 0.6) is 0 Å². The molecule has 2 atom stereocenters. The molecule has 0 rings (SSSR count). The minimum atomic E-state index is -0.734. The standard InChI is InChI=1S/C16H31BrO.C15H29BrO2/c1-3-4-5-6-7-8-9-10-11-12-13-14-16(17)15(2)18;1-2-3-4-5-6-7-8-9-10-11-12-13-14(16)15(17)18/h16H,3-14H2,1-2H3;14H,2-13H2,1H3,(H,17,18). The van der Waals surface area contributed by atoms with Gasteiger partial charge in [-0.15, -0.1) is 0 Å². The highest BCUT2D eigenvalue weighted by Crippen LogP contribution is 2.16. The molecule has 216 valence electrons. The molecule has 0 spiro atoms. The largest absolute Gasteiger partial charge is 0.480 e. The van der Waals surface area contributed by atoms with E-state index in [9.17, 15) is 9.59 Å². The first-order valence-electron chi connectivity index (χ1n) is 15.4. The summed E-state index contributed by atoms with van der Waals surface area (Å²) in [5.41, 5.74) is 0. The van der Waals surface area contributed by atoms with Gasteiger partial charge in [-0.3, -0.25) is 9.59 Å². The summed E-state index contributed by atoms with van der Waals surface area (Å²) >= 11 is 6.58. The highest BCUT2D eigenvalue weighted by molar-refractivity contribution is 9.10. The molecule has 1 N–H and O–H groups in total. The van der Waals surface area contributed by atoms with Crippen molar-refractivity contribution >= 4 is 43.6 Å². The third kappa shape index (κ3) is 32.1. The molecule has 0 saturated heterocycles. The Morgan fingerprint density at radius 3 is 1.00 bits per heavy atom. The number of Topliss-reactive ketones (excluding diaryl/α,β-unsaturated/α-hetero) is 1. The van der Waals surface area contributed by atoms with E-state index in [-0.39, 0.29) is 15.4 Å². The van der Waals surface area contributed by atoms with Crippen molar-refractivity contribution in [2.75, 3.05) is 0 Å². The summed E-state index contributed by atoms with van der Waals surface area (Å²) in [6, 6.07) is 0. The third-order valence-electron chi connectivity index (χ3n) is 6.83. The van der Waals surface area contributed by atoms with Crippen LogP contribution in [-0.2, 0) is 9.59 Å².